The van der Waals surface area contributed by atoms with Gasteiger partial charge in [0.05, 0.1) is 11.6 Å². The van der Waals surface area contributed by atoms with Crippen LogP contribution >= 0.6 is 0 Å². The van der Waals surface area contributed by atoms with Crippen molar-refractivity contribution in [2.75, 3.05) is 13.6 Å². The van der Waals surface area contributed by atoms with E-state index in [0.717, 1.165) is 43.4 Å². The number of amides is 1. The molecule has 2 aliphatic rings. The average molecular weight is 313 g/mol. The van der Waals surface area contributed by atoms with Crippen LogP contribution in [0.1, 0.15) is 54.3 Å². The molecule has 5 heteroatoms. The van der Waals surface area contributed by atoms with E-state index in [1.807, 2.05) is 31.4 Å². The standard InChI is InChI=1S/C18H23N3O2/c1-20(11-13-5-4-7-15(13)22)18(23)16-14-6-2-3-10-21(14)17(19-16)12-8-9-12/h2-3,6,10,12-13,15,22H,4-5,7-9,11H2,1H3. The minimum atomic E-state index is -0.272. The number of imidazole rings is 1. The molecular weight excluding hydrogens is 290 g/mol. The Bertz CT molecular complexity index is 735. The smallest absolute Gasteiger partial charge is 0.274 e. The molecule has 23 heavy (non-hydrogen) atoms. The molecule has 0 radical (unpaired) electrons. The molecule has 0 spiro atoms. The molecule has 2 unspecified atom stereocenters. The van der Waals surface area contributed by atoms with E-state index in [-0.39, 0.29) is 17.9 Å². The number of fused-ring (bicyclic) bond motifs is 1. The molecular formula is C18H23N3O2. The van der Waals surface area contributed by atoms with Crippen LogP contribution in [0, 0.1) is 5.92 Å². The van der Waals surface area contributed by atoms with Crippen LogP contribution in [0.15, 0.2) is 24.4 Å². The monoisotopic (exact) mass is 313 g/mol. The first-order chi connectivity index (χ1) is 11.1. The summed E-state index contributed by atoms with van der Waals surface area (Å²) in [5.74, 6) is 1.66. The molecule has 0 aromatic carbocycles. The third kappa shape index (κ3) is 2.63. The first kappa shape index (κ1) is 14.7. The van der Waals surface area contributed by atoms with Crippen LogP contribution in [-0.2, 0) is 0 Å². The second kappa shape index (κ2) is 5.64. The molecule has 2 atom stereocenters. The van der Waals surface area contributed by atoms with Gasteiger partial charge in [-0.1, -0.05) is 12.5 Å². The zero-order valence-corrected chi connectivity index (χ0v) is 13.5. The molecule has 0 aliphatic heterocycles. The highest BCUT2D eigenvalue weighted by Crippen LogP contribution is 2.40. The lowest BCUT2D eigenvalue weighted by Crippen LogP contribution is -2.34. The number of nitrogens with zero attached hydrogens (tertiary/aromatic N) is 3. The Balaban J connectivity index is 1.61. The summed E-state index contributed by atoms with van der Waals surface area (Å²) in [4.78, 5) is 19.3. The summed E-state index contributed by atoms with van der Waals surface area (Å²) in [6.07, 6.45) is 6.94. The lowest BCUT2D eigenvalue weighted by Gasteiger charge is -2.22. The molecule has 2 heterocycles. The maximum atomic E-state index is 12.9. The molecule has 5 nitrogen and oxygen atoms in total. The van der Waals surface area contributed by atoms with Crippen molar-refractivity contribution in [3.05, 3.63) is 35.9 Å². The fourth-order valence-corrected chi connectivity index (χ4v) is 3.69. The fourth-order valence-electron chi connectivity index (χ4n) is 3.69. The number of aromatic nitrogens is 2. The van der Waals surface area contributed by atoms with Gasteiger partial charge in [0.25, 0.3) is 5.91 Å². The van der Waals surface area contributed by atoms with Crippen molar-refractivity contribution in [3.63, 3.8) is 0 Å². The predicted molar refractivity (Wildman–Crippen MR) is 87.5 cm³/mol. The van der Waals surface area contributed by atoms with Gasteiger partial charge in [-0.2, -0.15) is 0 Å². The Hall–Kier alpha value is -1.88. The van der Waals surface area contributed by atoms with Crippen LogP contribution in [0.25, 0.3) is 5.52 Å². The van der Waals surface area contributed by atoms with Crippen LogP contribution in [0.5, 0.6) is 0 Å². The van der Waals surface area contributed by atoms with E-state index in [1.165, 1.54) is 0 Å². The number of pyridine rings is 1. The summed E-state index contributed by atoms with van der Waals surface area (Å²) < 4.78 is 2.06. The third-order valence-corrected chi connectivity index (χ3v) is 5.19. The van der Waals surface area contributed by atoms with Gasteiger partial charge in [0.15, 0.2) is 5.69 Å². The predicted octanol–water partition coefficient (Wildman–Crippen LogP) is 2.44. The Morgan fingerprint density at radius 1 is 1.35 bits per heavy atom. The number of hydrogen-bond acceptors (Lipinski definition) is 3. The van der Waals surface area contributed by atoms with Crippen molar-refractivity contribution in [1.29, 1.82) is 0 Å². The SMILES string of the molecule is CN(CC1CCCC1O)C(=O)c1nc(C2CC2)n2ccccc12. The highest BCUT2D eigenvalue weighted by molar-refractivity contribution is 5.99. The molecule has 1 amide bonds. The normalized spacial score (nSPS) is 24.3. The Morgan fingerprint density at radius 2 is 2.17 bits per heavy atom. The first-order valence-electron chi connectivity index (χ1n) is 8.55. The zero-order chi connectivity index (χ0) is 16.0. The molecule has 4 rings (SSSR count). The number of aliphatic hydroxyl groups is 1. The van der Waals surface area contributed by atoms with Gasteiger partial charge < -0.3 is 14.4 Å². The molecule has 2 fully saturated rings. The van der Waals surface area contributed by atoms with Crippen molar-refractivity contribution in [2.24, 2.45) is 5.92 Å². The molecule has 0 saturated heterocycles. The van der Waals surface area contributed by atoms with E-state index in [0.29, 0.717) is 18.2 Å². The van der Waals surface area contributed by atoms with Crippen LogP contribution in [-0.4, -0.2) is 45.0 Å². The van der Waals surface area contributed by atoms with Gasteiger partial charge in [0.2, 0.25) is 0 Å². The Kier molecular flexibility index (Phi) is 3.60. The average Bonchev–Trinajstić information content (AvgIpc) is 3.22. The van der Waals surface area contributed by atoms with Gasteiger partial charge >= 0.3 is 0 Å². The van der Waals surface area contributed by atoms with Crippen LogP contribution < -0.4 is 0 Å². The van der Waals surface area contributed by atoms with Gasteiger partial charge in [-0.25, -0.2) is 4.98 Å². The molecule has 2 aromatic rings. The van der Waals surface area contributed by atoms with Gasteiger partial charge in [0, 0.05) is 31.6 Å². The maximum Gasteiger partial charge on any atom is 0.274 e. The molecule has 1 N–H and O–H groups in total. The van der Waals surface area contributed by atoms with Crippen molar-refractivity contribution < 1.29 is 9.90 Å². The van der Waals surface area contributed by atoms with E-state index < -0.39 is 0 Å². The lowest BCUT2D eigenvalue weighted by molar-refractivity contribution is 0.0690. The lowest BCUT2D eigenvalue weighted by atomic mass is 10.1. The van der Waals surface area contributed by atoms with E-state index in [2.05, 4.69) is 9.38 Å². The molecule has 122 valence electrons. The molecule has 0 bridgehead atoms. The van der Waals surface area contributed by atoms with E-state index in [4.69, 9.17) is 0 Å². The summed E-state index contributed by atoms with van der Waals surface area (Å²) in [5.41, 5.74) is 1.43. The summed E-state index contributed by atoms with van der Waals surface area (Å²) in [6.45, 7) is 0.602. The number of rotatable bonds is 4. The second-order valence-electron chi connectivity index (χ2n) is 6.99. The number of carbonyl (C=O) groups is 1. The third-order valence-electron chi connectivity index (χ3n) is 5.19. The van der Waals surface area contributed by atoms with Gasteiger partial charge in [0.1, 0.15) is 5.82 Å². The van der Waals surface area contributed by atoms with Crippen LogP contribution in [0.2, 0.25) is 0 Å². The summed E-state index contributed by atoms with van der Waals surface area (Å²) in [6, 6.07) is 5.89. The first-order valence-corrected chi connectivity index (χ1v) is 8.55. The molecule has 2 saturated carbocycles. The minimum Gasteiger partial charge on any atom is -0.393 e. The highest BCUT2D eigenvalue weighted by Gasteiger charge is 2.32. The molecule has 2 aliphatic carbocycles. The second-order valence-corrected chi connectivity index (χ2v) is 6.99. The Morgan fingerprint density at radius 3 is 2.87 bits per heavy atom. The van der Waals surface area contributed by atoms with Crippen LogP contribution in [0.4, 0.5) is 0 Å². The minimum absolute atomic E-state index is 0.0419. The van der Waals surface area contributed by atoms with Crippen molar-refractivity contribution in [2.45, 2.75) is 44.1 Å². The van der Waals surface area contributed by atoms with Crippen molar-refractivity contribution in [3.8, 4) is 0 Å². The summed E-state index contributed by atoms with van der Waals surface area (Å²) in [7, 11) is 1.82. The van der Waals surface area contributed by atoms with Crippen LogP contribution in [0.3, 0.4) is 0 Å². The van der Waals surface area contributed by atoms with Gasteiger partial charge in [-0.15, -0.1) is 0 Å². The molecule has 2 aromatic heterocycles. The quantitative estimate of drug-likeness (QED) is 0.943. The van der Waals surface area contributed by atoms with Gasteiger partial charge in [-0.3, -0.25) is 4.79 Å². The number of aliphatic hydroxyl groups excluding tert-OH is 1. The van der Waals surface area contributed by atoms with Crippen molar-refractivity contribution in [1.82, 2.24) is 14.3 Å². The van der Waals surface area contributed by atoms with Crippen molar-refractivity contribution >= 4 is 11.4 Å². The van der Waals surface area contributed by atoms with Gasteiger partial charge in [-0.05, 0) is 37.8 Å². The number of carbonyl (C=O) groups excluding carboxylic acids is 1. The highest BCUT2D eigenvalue weighted by atomic mass is 16.3. The summed E-state index contributed by atoms with van der Waals surface area (Å²) in [5, 5.41) is 9.99. The maximum absolute atomic E-state index is 12.9. The fraction of sp³-hybridized carbons (Fsp3) is 0.556. The topological polar surface area (TPSA) is 57.8 Å². The van der Waals surface area contributed by atoms with E-state index in [9.17, 15) is 9.90 Å². The van der Waals surface area contributed by atoms with E-state index in [1.54, 1.807) is 4.90 Å². The largest absolute Gasteiger partial charge is 0.393 e. The summed E-state index contributed by atoms with van der Waals surface area (Å²) >= 11 is 0. The Labute approximate surface area is 135 Å². The van der Waals surface area contributed by atoms with E-state index >= 15 is 0 Å². The number of hydrogen-bond donors (Lipinski definition) is 1. The zero-order valence-electron chi connectivity index (χ0n) is 13.5.